The minimum absolute atomic E-state index is 0.233. The van der Waals surface area contributed by atoms with Gasteiger partial charge in [-0.25, -0.2) is 9.37 Å². The maximum atomic E-state index is 13.1. The van der Waals surface area contributed by atoms with Gasteiger partial charge in [0.1, 0.15) is 5.82 Å². The first-order chi connectivity index (χ1) is 10.2. The van der Waals surface area contributed by atoms with E-state index in [-0.39, 0.29) is 17.5 Å². The van der Waals surface area contributed by atoms with Crippen LogP contribution in [0.2, 0.25) is 0 Å². The van der Waals surface area contributed by atoms with E-state index in [1.54, 1.807) is 24.4 Å². The zero-order chi connectivity index (χ0) is 14.7. The van der Waals surface area contributed by atoms with Gasteiger partial charge in [-0.15, -0.1) is 11.3 Å². The average Bonchev–Trinajstić information content (AvgIpc) is 3.10. The Balaban J connectivity index is 1.68. The van der Waals surface area contributed by atoms with Crippen LogP contribution in [0.25, 0.3) is 0 Å². The van der Waals surface area contributed by atoms with Gasteiger partial charge in [-0.1, -0.05) is 12.1 Å². The minimum Gasteiger partial charge on any atom is -0.459 e. The van der Waals surface area contributed by atoms with Crippen LogP contribution in [0.15, 0.2) is 53.3 Å². The number of thiazole rings is 1. The standard InChI is InChI=1S/C15H11FN2O2S/c16-11-4-1-3-10(7-11)8-12-9-17-15(21-12)18-14(19)13-5-2-6-20-13/h1-7,9H,8H2,(H,17,18,19). The average molecular weight is 302 g/mol. The number of amides is 1. The summed E-state index contributed by atoms with van der Waals surface area (Å²) in [6.45, 7) is 0. The second kappa shape index (κ2) is 5.88. The number of nitrogens with zero attached hydrogens (tertiary/aromatic N) is 1. The SMILES string of the molecule is O=C(Nc1ncc(Cc2cccc(F)c2)s1)c1ccco1. The minimum atomic E-state index is -0.341. The zero-order valence-corrected chi connectivity index (χ0v) is 11.7. The Bertz CT molecular complexity index is 753. The molecular weight excluding hydrogens is 291 g/mol. The molecule has 0 atom stereocenters. The number of anilines is 1. The van der Waals surface area contributed by atoms with Gasteiger partial charge in [-0.3, -0.25) is 10.1 Å². The lowest BCUT2D eigenvalue weighted by Crippen LogP contribution is -2.10. The molecule has 2 aromatic heterocycles. The summed E-state index contributed by atoms with van der Waals surface area (Å²) in [5.74, 6) is -0.369. The fourth-order valence-corrected chi connectivity index (χ4v) is 2.70. The molecule has 0 aliphatic heterocycles. The Hall–Kier alpha value is -2.47. The third-order valence-electron chi connectivity index (χ3n) is 2.79. The number of benzene rings is 1. The van der Waals surface area contributed by atoms with Crippen molar-refractivity contribution in [3.63, 3.8) is 0 Å². The van der Waals surface area contributed by atoms with Crippen molar-refractivity contribution in [2.24, 2.45) is 0 Å². The lowest BCUT2D eigenvalue weighted by molar-refractivity contribution is 0.0996. The summed E-state index contributed by atoms with van der Waals surface area (Å²) in [5.41, 5.74) is 0.863. The molecule has 1 N–H and O–H groups in total. The molecule has 0 radical (unpaired) electrons. The summed E-state index contributed by atoms with van der Waals surface area (Å²) in [6.07, 6.45) is 3.69. The van der Waals surface area contributed by atoms with Crippen LogP contribution in [-0.4, -0.2) is 10.9 Å². The van der Waals surface area contributed by atoms with Gasteiger partial charge in [-0.05, 0) is 29.8 Å². The Morgan fingerprint density at radius 2 is 2.24 bits per heavy atom. The van der Waals surface area contributed by atoms with Gasteiger partial charge in [-0.2, -0.15) is 0 Å². The first-order valence-corrected chi connectivity index (χ1v) is 7.06. The van der Waals surface area contributed by atoms with Gasteiger partial charge in [0, 0.05) is 17.5 Å². The number of carbonyl (C=O) groups excluding carboxylic acids is 1. The molecule has 6 heteroatoms. The van der Waals surface area contributed by atoms with E-state index in [0.29, 0.717) is 11.6 Å². The number of hydrogen-bond acceptors (Lipinski definition) is 4. The van der Waals surface area contributed by atoms with Gasteiger partial charge in [0.15, 0.2) is 10.9 Å². The van der Waals surface area contributed by atoms with Gasteiger partial charge < -0.3 is 4.42 Å². The first kappa shape index (κ1) is 13.5. The summed E-state index contributed by atoms with van der Waals surface area (Å²) in [7, 11) is 0. The molecule has 0 fully saturated rings. The van der Waals surface area contributed by atoms with Crippen LogP contribution in [-0.2, 0) is 6.42 Å². The Morgan fingerprint density at radius 3 is 3.00 bits per heavy atom. The van der Waals surface area contributed by atoms with Gasteiger partial charge in [0.2, 0.25) is 0 Å². The molecule has 1 amide bonds. The second-order valence-electron chi connectivity index (χ2n) is 4.37. The molecule has 0 aliphatic carbocycles. The van der Waals surface area contributed by atoms with Crippen molar-refractivity contribution in [2.75, 3.05) is 5.32 Å². The number of aromatic nitrogens is 1. The fraction of sp³-hybridized carbons (Fsp3) is 0.0667. The monoisotopic (exact) mass is 302 g/mol. The maximum Gasteiger partial charge on any atom is 0.293 e. The van der Waals surface area contributed by atoms with Crippen LogP contribution in [0.4, 0.5) is 9.52 Å². The van der Waals surface area contributed by atoms with Gasteiger partial charge >= 0.3 is 0 Å². The van der Waals surface area contributed by atoms with E-state index in [1.165, 1.54) is 29.7 Å². The normalized spacial score (nSPS) is 10.5. The summed E-state index contributed by atoms with van der Waals surface area (Å²) >= 11 is 1.35. The number of hydrogen-bond donors (Lipinski definition) is 1. The van der Waals surface area contributed by atoms with Crippen molar-refractivity contribution in [3.05, 3.63) is 70.9 Å². The molecule has 21 heavy (non-hydrogen) atoms. The molecule has 106 valence electrons. The summed E-state index contributed by atoms with van der Waals surface area (Å²) in [4.78, 5) is 16.9. The molecule has 0 unspecified atom stereocenters. The van der Waals surface area contributed by atoms with Crippen LogP contribution < -0.4 is 5.32 Å². The summed E-state index contributed by atoms with van der Waals surface area (Å²) in [6, 6.07) is 9.64. The summed E-state index contributed by atoms with van der Waals surface area (Å²) in [5, 5.41) is 3.15. The number of rotatable bonds is 4. The quantitative estimate of drug-likeness (QED) is 0.799. The van der Waals surface area contributed by atoms with E-state index in [9.17, 15) is 9.18 Å². The van der Waals surface area contributed by atoms with Crippen LogP contribution >= 0.6 is 11.3 Å². The third kappa shape index (κ3) is 3.35. The highest BCUT2D eigenvalue weighted by Crippen LogP contribution is 2.22. The van der Waals surface area contributed by atoms with Crippen LogP contribution in [0.1, 0.15) is 21.0 Å². The van der Waals surface area contributed by atoms with Crippen molar-refractivity contribution in [1.29, 1.82) is 0 Å². The van der Waals surface area contributed by atoms with Gasteiger partial charge in [0.05, 0.1) is 6.26 Å². The topological polar surface area (TPSA) is 55.1 Å². The molecule has 0 aliphatic rings. The van der Waals surface area contributed by atoms with Gasteiger partial charge in [0.25, 0.3) is 5.91 Å². The van der Waals surface area contributed by atoms with Crippen molar-refractivity contribution in [3.8, 4) is 0 Å². The smallest absolute Gasteiger partial charge is 0.293 e. The maximum absolute atomic E-state index is 13.1. The fourth-order valence-electron chi connectivity index (χ4n) is 1.86. The molecule has 0 saturated carbocycles. The number of carbonyl (C=O) groups is 1. The van der Waals surface area contributed by atoms with Crippen molar-refractivity contribution in [2.45, 2.75) is 6.42 Å². The molecule has 0 spiro atoms. The highest BCUT2D eigenvalue weighted by Gasteiger charge is 2.11. The van der Waals surface area contributed by atoms with E-state index in [2.05, 4.69) is 10.3 Å². The highest BCUT2D eigenvalue weighted by atomic mass is 32.1. The van der Waals surface area contributed by atoms with Crippen LogP contribution in [0.3, 0.4) is 0 Å². The van der Waals surface area contributed by atoms with Crippen molar-refractivity contribution in [1.82, 2.24) is 4.98 Å². The van der Waals surface area contributed by atoms with E-state index in [1.807, 2.05) is 6.07 Å². The molecule has 0 saturated heterocycles. The second-order valence-corrected chi connectivity index (χ2v) is 5.49. The summed E-state index contributed by atoms with van der Waals surface area (Å²) < 4.78 is 18.1. The van der Waals surface area contributed by atoms with E-state index < -0.39 is 0 Å². The zero-order valence-electron chi connectivity index (χ0n) is 10.9. The lowest BCUT2D eigenvalue weighted by atomic mass is 10.1. The Morgan fingerprint density at radius 1 is 1.33 bits per heavy atom. The van der Waals surface area contributed by atoms with E-state index >= 15 is 0 Å². The van der Waals surface area contributed by atoms with Crippen LogP contribution in [0.5, 0.6) is 0 Å². The predicted molar refractivity (Wildman–Crippen MR) is 78.0 cm³/mol. The largest absolute Gasteiger partial charge is 0.459 e. The molecular formula is C15H11FN2O2S. The van der Waals surface area contributed by atoms with Crippen molar-refractivity contribution >= 4 is 22.4 Å². The molecule has 1 aromatic carbocycles. The van der Waals surface area contributed by atoms with Crippen LogP contribution in [0, 0.1) is 5.82 Å². The number of halogens is 1. The Labute approximate surface area is 124 Å². The number of furan rings is 1. The van der Waals surface area contributed by atoms with E-state index in [4.69, 9.17) is 4.42 Å². The van der Waals surface area contributed by atoms with Crippen molar-refractivity contribution < 1.29 is 13.6 Å². The predicted octanol–water partition coefficient (Wildman–Crippen LogP) is 3.72. The highest BCUT2D eigenvalue weighted by molar-refractivity contribution is 7.15. The van der Waals surface area contributed by atoms with E-state index in [0.717, 1.165) is 10.4 Å². The molecule has 3 rings (SSSR count). The lowest BCUT2D eigenvalue weighted by Gasteiger charge is -1.98. The third-order valence-corrected chi connectivity index (χ3v) is 3.70. The molecule has 4 nitrogen and oxygen atoms in total. The molecule has 2 heterocycles. The molecule has 0 bridgehead atoms. The molecule has 3 aromatic rings. The Kier molecular flexibility index (Phi) is 3.79. The number of nitrogens with one attached hydrogen (secondary N) is 1. The first-order valence-electron chi connectivity index (χ1n) is 6.25.